The second-order valence-corrected chi connectivity index (χ2v) is 6.13. The number of carbonyl (C=O) groups excluding carboxylic acids is 1. The zero-order valence-electron chi connectivity index (χ0n) is 13.2. The summed E-state index contributed by atoms with van der Waals surface area (Å²) in [7, 11) is 0. The maximum absolute atomic E-state index is 13.2. The first kappa shape index (κ1) is 17.1. The van der Waals surface area contributed by atoms with Crippen LogP contribution in [0.15, 0.2) is 30.6 Å². The van der Waals surface area contributed by atoms with Gasteiger partial charge in [0.2, 0.25) is 5.91 Å². The number of nitriles is 1. The van der Waals surface area contributed by atoms with Crippen molar-refractivity contribution in [1.82, 2.24) is 9.97 Å². The number of amides is 1. The third-order valence-corrected chi connectivity index (χ3v) is 4.43. The number of nitrogens with one attached hydrogen (secondary N) is 1. The van der Waals surface area contributed by atoms with Crippen LogP contribution in [0, 0.1) is 23.1 Å². The average molecular weight is 360 g/mol. The highest BCUT2D eigenvalue weighted by molar-refractivity contribution is 6.31. The normalized spacial score (nSPS) is 14.8. The van der Waals surface area contributed by atoms with Gasteiger partial charge in [0, 0.05) is 37.1 Å². The topological polar surface area (TPSA) is 81.9 Å². The predicted molar refractivity (Wildman–Crippen MR) is 91.7 cm³/mol. The Balaban J connectivity index is 1.61. The van der Waals surface area contributed by atoms with Gasteiger partial charge in [-0.1, -0.05) is 11.6 Å². The van der Waals surface area contributed by atoms with E-state index in [9.17, 15) is 9.18 Å². The van der Waals surface area contributed by atoms with Gasteiger partial charge in [-0.25, -0.2) is 14.4 Å². The highest BCUT2D eigenvalue weighted by Gasteiger charge is 2.27. The highest BCUT2D eigenvalue weighted by atomic mass is 35.5. The van der Waals surface area contributed by atoms with Crippen LogP contribution in [-0.4, -0.2) is 29.0 Å². The first-order chi connectivity index (χ1) is 12.1. The van der Waals surface area contributed by atoms with Crippen molar-refractivity contribution in [3.63, 3.8) is 0 Å². The lowest BCUT2D eigenvalue weighted by atomic mass is 9.95. The van der Waals surface area contributed by atoms with Gasteiger partial charge >= 0.3 is 0 Å². The molecule has 2 heterocycles. The number of benzene rings is 1. The molecule has 1 aliphatic heterocycles. The second-order valence-electron chi connectivity index (χ2n) is 5.72. The Morgan fingerprint density at radius 2 is 2.04 bits per heavy atom. The monoisotopic (exact) mass is 359 g/mol. The number of hydrogen-bond donors (Lipinski definition) is 1. The summed E-state index contributed by atoms with van der Waals surface area (Å²) in [6, 6.07) is 6.12. The number of halogens is 2. The summed E-state index contributed by atoms with van der Waals surface area (Å²) >= 11 is 5.73. The molecule has 8 heteroatoms. The zero-order valence-corrected chi connectivity index (χ0v) is 14.0. The Labute approximate surface area is 149 Å². The molecule has 1 aromatic carbocycles. The first-order valence-electron chi connectivity index (χ1n) is 7.80. The standard InChI is InChI=1S/C17H15ClFN5O/c18-13-9-12(1-2-14(13)19)23-17(25)11-3-7-24(8-4-11)16-15(10-20)21-5-6-22-16/h1-2,5-6,9,11H,3-4,7-8H2,(H,23,25). The minimum atomic E-state index is -0.523. The van der Waals surface area contributed by atoms with E-state index in [0.717, 1.165) is 0 Å². The first-order valence-corrected chi connectivity index (χ1v) is 8.18. The lowest BCUT2D eigenvalue weighted by Crippen LogP contribution is -2.39. The van der Waals surface area contributed by atoms with E-state index in [2.05, 4.69) is 15.3 Å². The fraction of sp³-hybridized carbons (Fsp3) is 0.294. The maximum Gasteiger partial charge on any atom is 0.227 e. The number of carbonyl (C=O) groups is 1. The van der Waals surface area contributed by atoms with E-state index in [4.69, 9.17) is 16.9 Å². The van der Waals surface area contributed by atoms with Gasteiger partial charge in [0.1, 0.15) is 11.9 Å². The Bertz CT molecular complexity index is 830. The number of piperidine rings is 1. The van der Waals surface area contributed by atoms with Crippen molar-refractivity contribution in [3.05, 3.63) is 47.1 Å². The molecule has 0 atom stereocenters. The van der Waals surface area contributed by atoms with Crippen LogP contribution in [0.2, 0.25) is 5.02 Å². The maximum atomic E-state index is 13.2. The quantitative estimate of drug-likeness (QED) is 0.911. The van der Waals surface area contributed by atoms with E-state index in [1.165, 1.54) is 24.4 Å². The van der Waals surface area contributed by atoms with Crippen molar-refractivity contribution in [2.45, 2.75) is 12.8 Å². The third-order valence-electron chi connectivity index (χ3n) is 4.14. The van der Waals surface area contributed by atoms with Gasteiger partial charge in [-0.15, -0.1) is 0 Å². The van der Waals surface area contributed by atoms with Gasteiger partial charge < -0.3 is 10.2 Å². The highest BCUT2D eigenvalue weighted by Crippen LogP contribution is 2.25. The number of anilines is 2. The summed E-state index contributed by atoms with van der Waals surface area (Å²) in [6.07, 6.45) is 4.29. The van der Waals surface area contributed by atoms with Crippen LogP contribution in [0.3, 0.4) is 0 Å². The van der Waals surface area contributed by atoms with Gasteiger partial charge in [0.05, 0.1) is 5.02 Å². The lowest BCUT2D eigenvalue weighted by Gasteiger charge is -2.32. The Kier molecular flexibility index (Phi) is 5.10. The molecule has 0 aliphatic carbocycles. The van der Waals surface area contributed by atoms with E-state index in [0.29, 0.717) is 37.4 Å². The van der Waals surface area contributed by atoms with Crippen molar-refractivity contribution in [3.8, 4) is 6.07 Å². The summed E-state index contributed by atoms with van der Waals surface area (Å²) in [4.78, 5) is 22.6. The fourth-order valence-electron chi connectivity index (χ4n) is 2.81. The van der Waals surface area contributed by atoms with Crippen molar-refractivity contribution in [2.24, 2.45) is 5.92 Å². The van der Waals surface area contributed by atoms with Crippen LogP contribution in [0.1, 0.15) is 18.5 Å². The van der Waals surface area contributed by atoms with Gasteiger partial charge in [-0.05, 0) is 31.0 Å². The van der Waals surface area contributed by atoms with Crippen LogP contribution in [0.5, 0.6) is 0 Å². The number of rotatable bonds is 3. The summed E-state index contributed by atoms with van der Waals surface area (Å²) < 4.78 is 13.2. The molecule has 1 saturated heterocycles. The van der Waals surface area contributed by atoms with E-state index in [-0.39, 0.29) is 22.5 Å². The predicted octanol–water partition coefficient (Wildman–Crippen LogP) is 3.00. The minimum Gasteiger partial charge on any atom is -0.354 e. The molecule has 3 rings (SSSR count). The molecule has 0 bridgehead atoms. The SMILES string of the molecule is N#Cc1nccnc1N1CCC(C(=O)Nc2ccc(F)c(Cl)c2)CC1. The van der Waals surface area contributed by atoms with Gasteiger partial charge in [-0.3, -0.25) is 4.79 Å². The molecule has 25 heavy (non-hydrogen) atoms. The van der Waals surface area contributed by atoms with Gasteiger partial charge in [-0.2, -0.15) is 5.26 Å². The average Bonchev–Trinajstić information content (AvgIpc) is 2.65. The van der Waals surface area contributed by atoms with Crippen LogP contribution in [-0.2, 0) is 4.79 Å². The zero-order chi connectivity index (χ0) is 17.8. The molecule has 0 saturated carbocycles. The summed E-state index contributed by atoms with van der Waals surface area (Å²) in [6.45, 7) is 1.21. The molecule has 1 fully saturated rings. The smallest absolute Gasteiger partial charge is 0.227 e. The molecular weight excluding hydrogens is 345 g/mol. The molecule has 0 unspecified atom stereocenters. The van der Waals surface area contributed by atoms with Gasteiger partial charge in [0.25, 0.3) is 0 Å². The molecule has 0 spiro atoms. The fourth-order valence-corrected chi connectivity index (χ4v) is 2.99. The van der Waals surface area contributed by atoms with Crippen LogP contribution in [0.25, 0.3) is 0 Å². The molecule has 1 aromatic heterocycles. The Hall–Kier alpha value is -2.72. The van der Waals surface area contributed by atoms with Crippen molar-refractivity contribution >= 4 is 29.0 Å². The summed E-state index contributed by atoms with van der Waals surface area (Å²) in [5, 5.41) is 11.9. The minimum absolute atomic E-state index is 0.0284. The van der Waals surface area contributed by atoms with Crippen LogP contribution >= 0.6 is 11.6 Å². The second kappa shape index (κ2) is 7.45. The largest absolute Gasteiger partial charge is 0.354 e. The van der Waals surface area contributed by atoms with E-state index in [1.54, 1.807) is 6.20 Å². The molecule has 128 valence electrons. The molecule has 6 nitrogen and oxygen atoms in total. The molecular formula is C17H15ClFN5O. The molecule has 1 amide bonds. The molecule has 2 aromatic rings. The summed E-state index contributed by atoms with van der Waals surface area (Å²) in [5.41, 5.74) is 0.755. The Morgan fingerprint density at radius 3 is 2.72 bits per heavy atom. The van der Waals surface area contributed by atoms with E-state index < -0.39 is 5.82 Å². The molecule has 1 aliphatic rings. The summed E-state index contributed by atoms with van der Waals surface area (Å²) in [5.74, 6) is -0.260. The molecule has 0 radical (unpaired) electrons. The third kappa shape index (κ3) is 3.86. The van der Waals surface area contributed by atoms with E-state index in [1.807, 2.05) is 11.0 Å². The lowest BCUT2D eigenvalue weighted by molar-refractivity contribution is -0.120. The number of nitrogens with zero attached hydrogens (tertiary/aromatic N) is 4. The van der Waals surface area contributed by atoms with E-state index >= 15 is 0 Å². The Morgan fingerprint density at radius 1 is 1.32 bits per heavy atom. The van der Waals surface area contributed by atoms with Crippen LogP contribution in [0.4, 0.5) is 15.9 Å². The number of hydrogen-bond acceptors (Lipinski definition) is 5. The van der Waals surface area contributed by atoms with Crippen molar-refractivity contribution < 1.29 is 9.18 Å². The van der Waals surface area contributed by atoms with Crippen molar-refractivity contribution in [1.29, 1.82) is 5.26 Å². The van der Waals surface area contributed by atoms with Gasteiger partial charge in [0.15, 0.2) is 11.5 Å². The number of aromatic nitrogens is 2. The van der Waals surface area contributed by atoms with Crippen molar-refractivity contribution in [2.75, 3.05) is 23.3 Å². The molecule has 1 N–H and O–H groups in total. The van der Waals surface area contributed by atoms with Crippen LogP contribution < -0.4 is 10.2 Å².